The van der Waals surface area contributed by atoms with E-state index in [0.717, 1.165) is 9.94 Å². The van der Waals surface area contributed by atoms with E-state index in [1.54, 1.807) is 84.9 Å². The summed E-state index contributed by atoms with van der Waals surface area (Å²) in [6.07, 6.45) is 2.84. The summed E-state index contributed by atoms with van der Waals surface area (Å²) >= 11 is 3.30. The SMILES string of the molecule is COC(=O)c1ccc(/C=C(\F)c2cccc(B3OC(C)(C)C(C)(C)O3)c2)cc1.COC(=O)c1ccc(/C=C(\F)c2cccc(Br)c2)cc1. The maximum absolute atomic E-state index is 14.8. The zero-order chi connectivity index (χ0) is 35.1. The van der Waals surface area contributed by atoms with Gasteiger partial charge >= 0.3 is 19.1 Å². The van der Waals surface area contributed by atoms with Crippen molar-refractivity contribution >= 4 is 64.3 Å². The van der Waals surface area contributed by atoms with Gasteiger partial charge in [-0.25, -0.2) is 18.4 Å². The summed E-state index contributed by atoms with van der Waals surface area (Å²) in [5.74, 6) is -1.56. The molecular formula is C38H36BBrF2O6. The van der Waals surface area contributed by atoms with Crippen molar-refractivity contribution in [2.24, 2.45) is 0 Å². The molecule has 0 amide bonds. The second-order valence-electron chi connectivity index (χ2n) is 11.9. The summed E-state index contributed by atoms with van der Waals surface area (Å²) in [6.45, 7) is 7.93. The number of hydrogen-bond donors (Lipinski definition) is 0. The van der Waals surface area contributed by atoms with Crippen LogP contribution >= 0.6 is 15.9 Å². The second kappa shape index (κ2) is 15.7. The molecule has 4 aromatic carbocycles. The Balaban J connectivity index is 0.000000229. The number of carbonyl (C=O) groups is 2. The van der Waals surface area contributed by atoms with Gasteiger partial charge in [0.2, 0.25) is 0 Å². The van der Waals surface area contributed by atoms with Gasteiger partial charge in [0.05, 0.1) is 36.5 Å². The van der Waals surface area contributed by atoms with Crippen LogP contribution in [0.3, 0.4) is 0 Å². The van der Waals surface area contributed by atoms with E-state index in [4.69, 9.17) is 9.31 Å². The van der Waals surface area contributed by atoms with Crippen molar-refractivity contribution in [3.8, 4) is 0 Å². The Bertz CT molecular complexity index is 1800. The molecule has 6 nitrogen and oxygen atoms in total. The summed E-state index contributed by atoms with van der Waals surface area (Å²) in [5, 5.41) is 0. The summed E-state index contributed by atoms with van der Waals surface area (Å²) in [5.41, 5.74) is 2.96. The molecule has 1 saturated heterocycles. The molecule has 1 heterocycles. The molecule has 0 N–H and O–H groups in total. The highest BCUT2D eigenvalue weighted by molar-refractivity contribution is 9.10. The first kappa shape index (κ1) is 36.5. The van der Waals surface area contributed by atoms with Crippen LogP contribution in [0.4, 0.5) is 8.78 Å². The first-order valence-electron chi connectivity index (χ1n) is 15.1. The molecule has 0 aliphatic carbocycles. The Morgan fingerprint density at radius 3 is 1.48 bits per heavy atom. The predicted molar refractivity (Wildman–Crippen MR) is 190 cm³/mol. The monoisotopic (exact) mass is 716 g/mol. The van der Waals surface area contributed by atoms with E-state index in [1.807, 2.05) is 39.8 Å². The number of halogens is 3. The maximum Gasteiger partial charge on any atom is 0.494 e. The number of benzene rings is 4. The number of methoxy groups -OCH3 is 2. The molecule has 0 bridgehead atoms. The lowest BCUT2D eigenvalue weighted by atomic mass is 9.78. The molecule has 0 saturated carbocycles. The molecule has 0 atom stereocenters. The van der Waals surface area contributed by atoms with Gasteiger partial charge < -0.3 is 18.8 Å². The van der Waals surface area contributed by atoms with Crippen molar-refractivity contribution in [3.05, 3.63) is 135 Å². The minimum Gasteiger partial charge on any atom is -0.465 e. The molecule has 1 fully saturated rings. The summed E-state index contributed by atoms with van der Waals surface area (Å²) < 4.78 is 51.1. The fraction of sp³-hybridized carbons (Fsp3) is 0.211. The highest BCUT2D eigenvalue weighted by atomic mass is 79.9. The molecule has 10 heteroatoms. The topological polar surface area (TPSA) is 71.1 Å². The highest BCUT2D eigenvalue weighted by Gasteiger charge is 2.51. The van der Waals surface area contributed by atoms with Crippen LogP contribution in [0, 0.1) is 0 Å². The van der Waals surface area contributed by atoms with Crippen molar-refractivity contribution in [1.29, 1.82) is 0 Å². The van der Waals surface area contributed by atoms with Crippen LogP contribution in [0.5, 0.6) is 0 Å². The fourth-order valence-electron chi connectivity index (χ4n) is 4.58. The van der Waals surface area contributed by atoms with Crippen LogP contribution < -0.4 is 5.46 Å². The molecule has 248 valence electrons. The van der Waals surface area contributed by atoms with Crippen molar-refractivity contribution in [2.75, 3.05) is 14.2 Å². The van der Waals surface area contributed by atoms with E-state index in [2.05, 4.69) is 25.4 Å². The third kappa shape index (κ3) is 9.15. The second-order valence-corrected chi connectivity index (χ2v) is 12.9. The Labute approximate surface area is 288 Å². The highest BCUT2D eigenvalue weighted by Crippen LogP contribution is 2.36. The van der Waals surface area contributed by atoms with E-state index >= 15 is 0 Å². The minimum atomic E-state index is -0.544. The van der Waals surface area contributed by atoms with Gasteiger partial charge in [0, 0.05) is 15.6 Å². The van der Waals surface area contributed by atoms with E-state index in [9.17, 15) is 18.4 Å². The number of esters is 2. The molecule has 48 heavy (non-hydrogen) atoms. The number of ether oxygens (including phenoxy) is 2. The zero-order valence-electron chi connectivity index (χ0n) is 27.6. The molecule has 0 unspecified atom stereocenters. The smallest absolute Gasteiger partial charge is 0.465 e. The van der Waals surface area contributed by atoms with Crippen LogP contribution in [0.2, 0.25) is 0 Å². The fourth-order valence-corrected chi connectivity index (χ4v) is 4.98. The predicted octanol–water partition coefficient (Wildman–Crippen LogP) is 8.94. The van der Waals surface area contributed by atoms with E-state index < -0.39 is 30.3 Å². The van der Waals surface area contributed by atoms with Crippen molar-refractivity contribution in [3.63, 3.8) is 0 Å². The summed E-state index contributed by atoms with van der Waals surface area (Å²) in [7, 11) is 2.10. The molecule has 0 spiro atoms. The number of carbonyl (C=O) groups excluding carboxylic acids is 2. The van der Waals surface area contributed by atoms with Crippen molar-refractivity contribution < 1.29 is 37.2 Å². The molecule has 1 aliphatic heterocycles. The average Bonchev–Trinajstić information content (AvgIpc) is 3.31. The molecular weight excluding hydrogens is 681 g/mol. The largest absolute Gasteiger partial charge is 0.494 e. The van der Waals surface area contributed by atoms with Gasteiger partial charge in [-0.3, -0.25) is 0 Å². The third-order valence-corrected chi connectivity index (χ3v) is 8.53. The minimum absolute atomic E-state index is 0.336. The van der Waals surface area contributed by atoms with E-state index in [-0.39, 0.29) is 11.7 Å². The normalized spacial score (nSPS) is 15.3. The Morgan fingerprint density at radius 1 is 0.646 bits per heavy atom. The first-order chi connectivity index (χ1) is 22.7. The lowest BCUT2D eigenvalue weighted by Gasteiger charge is -2.32. The average molecular weight is 717 g/mol. The van der Waals surface area contributed by atoms with Gasteiger partial charge in [0.25, 0.3) is 0 Å². The van der Waals surface area contributed by atoms with Crippen molar-refractivity contribution in [2.45, 2.75) is 38.9 Å². The maximum atomic E-state index is 14.8. The number of hydrogen-bond acceptors (Lipinski definition) is 6. The Kier molecular flexibility index (Phi) is 11.9. The molecule has 0 radical (unpaired) electrons. The van der Waals surface area contributed by atoms with E-state index in [0.29, 0.717) is 33.4 Å². The van der Waals surface area contributed by atoms with Crippen molar-refractivity contribution in [1.82, 2.24) is 0 Å². The summed E-state index contributed by atoms with van der Waals surface area (Å²) in [6, 6.07) is 27.2. The van der Waals surface area contributed by atoms with Gasteiger partial charge in [-0.05, 0) is 92.8 Å². The molecule has 0 aromatic heterocycles. The lowest BCUT2D eigenvalue weighted by molar-refractivity contribution is 0.00578. The van der Waals surface area contributed by atoms with Gasteiger partial charge in [-0.1, -0.05) is 76.6 Å². The Hall–Kier alpha value is -4.38. The van der Waals surface area contributed by atoms with Crippen LogP contribution in [-0.2, 0) is 18.8 Å². The first-order valence-corrected chi connectivity index (χ1v) is 15.9. The molecule has 4 aromatic rings. The van der Waals surface area contributed by atoms with Crippen LogP contribution in [0.15, 0.2) is 102 Å². The van der Waals surface area contributed by atoms with Gasteiger partial charge in [0.1, 0.15) is 11.7 Å². The molecule has 5 rings (SSSR count). The van der Waals surface area contributed by atoms with E-state index in [1.165, 1.54) is 26.4 Å². The zero-order valence-corrected chi connectivity index (χ0v) is 29.1. The number of rotatable bonds is 7. The quantitative estimate of drug-likeness (QED) is 0.108. The third-order valence-electron chi connectivity index (χ3n) is 8.04. The standard InChI is InChI=1S/C22H24BFO4.C16H12BrFO2/c1-21(2)22(3,4)28-23(27-21)18-8-6-7-17(14-18)19(24)13-15-9-11-16(12-10-15)20(25)26-5;1-20-16(19)12-7-5-11(6-8-12)9-15(18)13-3-2-4-14(17)10-13/h6-14H,1-5H3;2-10H,1H3/b19-13-;15-9-. The Morgan fingerprint density at radius 2 is 1.06 bits per heavy atom. The van der Waals surface area contributed by atoms with Gasteiger partial charge in [-0.15, -0.1) is 0 Å². The lowest BCUT2D eigenvalue weighted by Crippen LogP contribution is -2.41. The summed E-state index contributed by atoms with van der Waals surface area (Å²) in [4.78, 5) is 22.8. The van der Waals surface area contributed by atoms with Gasteiger partial charge in [0.15, 0.2) is 0 Å². The molecule has 1 aliphatic rings. The van der Waals surface area contributed by atoms with Gasteiger partial charge in [-0.2, -0.15) is 0 Å². The van der Waals surface area contributed by atoms with Crippen LogP contribution in [0.1, 0.15) is 70.7 Å². The van der Waals surface area contributed by atoms with Crippen LogP contribution in [-0.4, -0.2) is 44.5 Å². The van der Waals surface area contributed by atoms with Crippen LogP contribution in [0.25, 0.3) is 23.8 Å².